The van der Waals surface area contributed by atoms with Crippen LogP contribution in [0.1, 0.15) is 30.5 Å². The summed E-state index contributed by atoms with van der Waals surface area (Å²) in [5.41, 5.74) is 2.46. The minimum atomic E-state index is -0.144. The van der Waals surface area contributed by atoms with Gasteiger partial charge in [-0.2, -0.15) is 0 Å². The molecule has 1 aromatic heterocycles. The Hall–Kier alpha value is -2.42. The van der Waals surface area contributed by atoms with E-state index in [-0.39, 0.29) is 41.8 Å². The molecule has 0 amide bonds. The van der Waals surface area contributed by atoms with Crippen LogP contribution in [0.25, 0.3) is 11.5 Å². The van der Waals surface area contributed by atoms with Crippen molar-refractivity contribution in [1.29, 1.82) is 0 Å². The highest BCUT2D eigenvalue weighted by atomic mass is 127. The van der Waals surface area contributed by atoms with E-state index in [1.165, 1.54) is 6.07 Å². The summed E-state index contributed by atoms with van der Waals surface area (Å²) >= 11 is 0. The lowest BCUT2D eigenvalue weighted by Crippen LogP contribution is -2.39. The molecule has 1 saturated carbocycles. The number of hydrogen-bond acceptors (Lipinski definition) is 3. The van der Waals surface area contributed by atoms with E-state index in [9.17, 15) is 4.39 Å². The topological polar surface area (TPSA) is 62.5 Å². The summed E-state index contributed by atoms with van der Waals surface area (Å²) in [5, 5.41) is 6.63. The lowest BCUT2D eigenvalue weighted by Gasteiger charge is -2.11. The predicted molar refractivity (Wildman–Crippen MR) is 123 cm³/mol. The fraction of sp³-hybridized carbons (Fsp3) is 0.273. The summed E-state index contributed by atoms with van der Waals surface area (Å²) < 4.78 is 19.5. The second-order valence-corrected chi connectivity index (χ2v) is 6.82. The third-order valence-electron chi connectivity index (χ3n) is 4.73. The van der Waals surface area contributed by atoms with E-state index < -0.39 is 0 Å². The smallest absolute Gasteiger partial charge is 0.226 e. The third-order valence-corrected chi connectivity index (χ3v) is 4.73. The Morgan fingerprint density at radius 2 is 1.93 bits per heavy atom. The number of nitrogens with zero attached hydrogens (tertiary/aromatic N) is 2. The van der Waals surface area contributed by atoms with E-state index in [0.717, 1.165) is 29.8 Å². The van der Waals surface area contributed by atoms with Gasteiger partial charge in [0.1, 0.15) is 17.8 Å². The summed E-state index contributed by atoms with van der Waals surface area (Å²) in [7, 11) is 0. The molecule has 2 aromatic carbocycles. The van der Waals surface area contributed by atoms with Crippen LogP contribution in [0.15, 0.2) is 70.3 Å². The normalized spacial score (nSPS) is 18.1. The highest BCUT2D eigenvalue weighted by Gasteiger charge is 2.40. The van der Waals surface area contributed by atoms with E-state index in [1.54, 1.807) is 12.3 Å². The first-order chi connectivity index (χ1) is 13.7. The molecule has 7 heteroatoms. The molecule has 29 heavy (non-hydrogen) atoms. The average Bonchev–Trinajstić information content (AvgIpc) is 3.31. The van der Waals surface area contributed by atoms with Gasteiger partial charge in [0, 0.05) is 24.1 Å². The molecule has 2 atom stereocenters. The Morgan fingerprint density at radius 1 is 1.17 bits per heavy atom. The standard InChI is InChI=1S/C22H23FN4O.HI/c1-2-24-22(27-20-12-18(20)17-10-6-7-11-19(17)23)25-13-16-14-28-21(26-16)15-8-4-3-5-9-15;/h3-11,14,18,20H,2,12-13H2,1H3,(H2,24,25,27);1H. The first-order valence-electron chi connectivity index (χ1n) is 9.53. The van der Waals surface area contributed by atoms with Gasteiger partial charge in [-0.25, -0.2) is 14.4 Å². The Balaban J connectivity index is 0.00000240. The van der Waals surface area contributed by atoms with E-state index in [4.69, 9.17) is 4.42 Å². The zero-order chi connectivity index (χ0) is 19.3. The molecule has 1 aliphatic carbocycles. The van der Waals surface area contributed by atoms with Crippen LogP contribution in [0.3, 0.4) is 0 Å². The highest BCUT2D eigenvalue weighted by Crippen LogP contribution is 2.41. The van der Waals surface area contributed by atoms with Crippen LogP contribution in [0.2, 0.25) is 0 Å². The van der Waals surface area contributed by atoms with Crippen LogP contribution in [-0.4, -0.2) is 23.5 Å². The molecule has 0 aliphatic heterocycles. The number of halogens is 2. The van der Waals surface area contributed by atoms with Crippen molar-refractivity contribution in [2.75, 3.05) is 6.54 Å². The van der Waals surface area contributed by atoms with Crippen molar-refractivity contribution in [3.63, 3.8) is 0 Å². The van der Waals surface area contributed by atoms with Gasteiger partial charge < -0.3 is 15.1 Å². The van der Waals surface area contributed by atoms with Gasteiger partial charge in [0.05, 0.1) is 6.54 Å². The van der Waals surface area contributed by atoms with E-state index in [1.807, 2.05) is 49.4 Å². The molecule has 1 heterocycles. The zero-order valence-corrected chi connectivity index (χ0v) is 18.5. The van der Waals surface area contributed by atoms with Gasteiger partial charge in [-0.15, -0.1) is 24.0 Å². The monoisotopic (exact) mass is 506 g/mol. The molecule has 152 valence electrons. The Kier molecular flexibility index (Phi) is 7.24. The predicted octanol–water partition coefficient (Wildman–Crippen LogP) is 4.71. The van der Waals surface area contributed by atoms with Crippen molar-refractivity contribution < 1.29 is 8.81 Å². The van der Waals surface area contributed by atoms with Crippen LogP contribution in [0.4, 0.5) is 4.39 Å². The van der Waals surface area contributed by atoms with Crippen LogP contribution < -0.4 is 10.6 Å². The molecule has 3 aromatic rings. The van der Waals surface area contributed by atoms with Crippen molar-refractivity contribution in [2.45, 2.75) is 31.8 Å². The molecule has 0 spiro atoms. The second kappa shape index (κ2) is 9.87. The van der Waals surface area contributed by atoms with Crippen molar-refractivity contribution in [2.24, 2.45) is 4.99 Å². The number of rotatable bonds is 6. The van der Waals surface area contributed by atoms with Gasteiger partial charge in [0.25, 0.3) is 0 Å². The summed E-state index contributed by atoms with van der Waals surface area (Å²) in [5.74, 6) is 1.33. The van der Waals surface area contributed by atoms with Crippen LogP contribution in [0.5, 0.6) is 0 Å². The largest absolute Gasteiger partial charge is 0.444 e. The zero-order valence-electron chi connectivity index (χ0n) is 16.1. The molecule has 0 bridgehead atoms. The number of nitrogens with one attached hydrogen (secondary N) is 2. The lowest BCUT2D eigenvalue weighted by molar-refractivity contribution is 0.572. The number of benzene rings is 2. The van der Waals surface area contributed by atoms with Gasteiger partial charge >= 0.3 is 0 Å². The second-order valence-electron chi connectivity index (χ2n) is 6.82. The average molecular weight is 506 g/mol. The van der Waals surface area contributed by atoms with Gasteiger partial charge in [-0.1, -0.05) is 36.4 Å². The van der Waals surface area contributed by atoms with Crippen LogP contribution in [0, 0.1) is 5.82 Å². The van der Waals surface area contributed by atoms with E-state index in [0.29, 0.717) is 18.4 Å². The maximum atomic E-state index is 14.0. The van der Waals surface area contributed by atoms with E-state index in [2.05, 4.69) is 20.6 Å². The number of guanidine groups is 1. The molecule has 4 rings (SSSR count). The molecular weight excluding hydrogens is 482 g/mol. The highest BCUT2D eigenvalue weighted by molar-refractivity contribution is 14.0. The van der Waals surface area contributed by atoms with Crippen molar-refractivity contribution in [1.82, 2.24) is 15.6 Å². The Morgan fingerprint density at radius 3 is 2.69 bits per heavy atom. The first kappa shape index (κ1) is 21.3. The van der Waals surface area contributed by atoms with Gasteiger partial charge in [-0.3, -0.25) is 0 Å². The molecule has 2 unspecified atom stereocenters. The maximum absolute atomic E-state index is 14.0. The number of hydrogen-bond donors (Lipinski definition) is 2. The number of oxazole rings is 1. The molecule has 2 N–H and O–H groups in total. The van der Waals surface area contributed by atoms with Crippen LogP contribution in [-0.2, 0) is 6.54 Å². The number of aliphatic imine (C=N–C) groups is 1. The third kappa shape index (κ3) is 5.35. The molecule has 0 radical (unpaired) electrons. The molecular formula is C22H24FIN4O. The van der Waals surface area contributed by atoms with Crippen molar-refractivity contribution in [3.8, 4) is 11.5 Å². The minimum Gasteiger partial charge on any atom is -0.444 e. The molecule has 5 nitrogen and oxygen atoms in total. The Bertz CT molecular complexity index is 960. The first-order valence-corrected chi connectivity index (χ1v) is 9.53. The molecule has 1 aliphatic rings. The fourth-order valence-corrected chi connectivity index (χ4v) is 3.22. The summed E-state index contributed by atoms with van der Waals surface area (Å²) in [4.78, 5) is 9.10. The van der Waals surface area contributed by atoms with Crippen molar-refractivity contribution in [3.05, 3.63) is 77.9 Å². The van der Waals surface area contributed by atoms with Gasteiger partial charge in [0.2, 0.25) is 5.89 Å². The summed E-state index contributed by atoms with van der Waals surface area (Å²) in [6, 6.07) is 16.9. The quantitative estimate of drug-likeness (QED) is 0.289. The lowest BCUT2D eigenvalue weighted by atomic mass is 10.1. The van der Waals surface area contributed by atoms with Gasteiger partial charge in [-0.05, 0) is 37.1 Å². The minimum absolute atomic E-state index is 0. The fourth-order valence-electron chi connectivity index (χ4n) is 3.22. The van der Waals surface area contributed by atoms with E-state index >= 15 is 0 Å². The molecule has 0 saturated heterocycles. The van der Waals surface area contributed by atoms with Crippen LogP contribution >= 0.6 is 24.0 Å². The maximum Gasteiger partial charge on any atom is 0.226 e. The Labute approximate surface area is 186 Å². The number of aromatic nitrogens is 1. The molecule has 1 fully saturated rings. The SMILES string of the molecule is CCNC(=NCc1coc(-c2ccccc2)n1)NC1CC1c1ccccc1F.I. The summed E-state index contributed by atoms with van der Waals surface area (Å²) in [6.45, 7) is 3.17. The van der Waals surface area contributed by atoms with Gasteiger partial charge in [0.15, 0.2) is 5.96 Å². The summed E-state index contributed by atoms with van der Waals surface area (Å²) in [6.07, 6.45) is 2.53. The van der Waals surface area contributed by atoms with Crippen molar-refractivity contribution >= 4 is 29.9 Å².